The van der Waals surface area contributed by atoms with Crippen LogP contribution in [-0.2, 0) is 4.79 Å². The lowest BCUT2D eigenvalue weighted by molar-refractivity contribution is -0.119. The highest BCUT2D eigenvalue weighted by molar-refractivity contribution is 5.80. The molecule has 1 aliphatic carbocycles. The molecule has 0 aromatic rings. The maximum Gasteiger partial charge on any atom is 0.221 e. The Bertz CT molecular complexity index is 146. The molecule has 1 saturated heterocycles. The van der Waals surface area contributed by atoms with Crippen molar-refractivity contribution >= 4 is 5.91 Å². The number of hydrogen-bond donors (Lipinski definition) is 1. The maximum absolute atomic E-state index is 10.6. The van der Waals surface area contributed by atoms with Gasteiger partial charge in [0.2, 0.25) is 5.91 Å². The first-order chi connectivity index (χ1) is 3.86. The average molecular weight is 109 g/mol. The predicted molar refractivity (Wildman–Crippen MR) is 29.2 cm³/mol. The third kappa shape index (κ3) is 0.351. The van der Waals surface area contributed by atoms with E-state index in [0.29, 0.717) is 18.4 Å². The van der Waals surface area contributed by atoms with Gasteiger partial charge < -0.3 is 5.32 Å². The number of nitrogens with one attached hydrogen (secondary N) is 1. The standard InChI is InChI=1S/C6H7NO/c8-6-3-4-1-2-5(4)7-6/h1-2,4-5H,3H2,(H,7,8)/t4-,5-/m1/s1. The topological polar surface area (TPSA) is 29.1 Å². The van der Waals surface area contributed by atoms with Gasteiger partial charge >= 0.3 is 0 Å². The van der Waals surface area contributed by atoms with Gasteiger partial charge in [-0.2, -0.15) is 0 Å². The fourth-order valence-corrected chi connectivity index (χ4v) is 1.19. The maximum atomic E-state index is 10.6. The van der Waals surface area contributed by atoms with E-state index < -0.39 is 0 Å². The largest absolute Gasteiger partial charge is 0.349 e. The van der Waals surface area contributed by atoms with E-state index in [1.807, 2.05) is 6.08 Å². The number of carbonyl (C=O) groups excluding carboxylic acids is 1. The van der Waals surface area contributed by atoms with Gasteiger partial charge in [-0.05, 0) is 0 Å². The molecule has 2 rings (SSSR count). The Labute approximate surface area is 47.6 Å². The number of rotatable bonds is 0. The molecule has 1 heterocycles. The highest BCUT2D eigenvalue weighted by Gasteiger charge is 2.33. The first kappa shape index (κ1) is 4.13. The summed E-state index contributed by atoms with van der Waals surface area (Å²) in [5.74, 6) is 0.729. The van der Waals surface area contributed by atoms with Gasteiger partial charge in [-0.25, -0.2) is 0 Å². The molecule has 42 valence electrons. The third-order valence-electron chi connectivity index (χ3n) is 1.78. The molecule has 0 unspecified atom stereocenters. The monoisotopic (exact) mass is 109 g/mol. The normalized spacial score (nSPS) is 40.8. The Morgan fingerprint density at radius 2 is 2.50 bits per heavy atom. The molecule has 2 heteroatoms. The molecule has 8 heavy (non-hydrogen) atoms. The minimum atomic E-state index is 0.199. The molecule has 1 fully saturated rings. The summed E-state index contributed by atoms with van der Waals surface area (Å²) in [5, 5.41) is 2.83. The first-order valence-electron chi connectivity index (χ1n) is 2.84. The van der Waals surface area contributed by atoms with Crippen molar-refractivity contribution in [3.8, 4) is 0 Å². The predicted octanol–water partition coefficient (Wildman–Crippen LogP) is 0.0609. The average Bonchev–Trinajstić information content (AvgIpc) is 1.91. The summed E-state index contributed by atoms with van der Waals surface area (Å²) in [6.45, 7) is 0. The van der Waals surface area contributed by atoms with Gasteiger partial charge in [-0.1, -0.05) is 12.2 Å². The summed E-state index contributed by atoms with van der Waals surface area (Å²) in [6.07, 6.45) is 4.83. The molecule has 2 atom stereocenters. The number of carbonyl (C=O) groups is 1. The van der Waals surface area contributed by atoms with Crippen molar-refractivity contribution in [1.82, 2.24) is 5.32 Å². The Morgan fingerprint density at radius 1 is 1.62 bits per heavy atom. The fourth-order valence-electron chi connectivity index (χ4n) is 1.19. The van der Waals surface area contributed by atoms with Crippen LogP contribution >= 0.6 is 0 Å². The van der Waals surface area contributed by atoms with Gasteiger partial charge in [0.05, 0.1) is 6.04 Å². The molecule has 0 radical (unpaired) electrons. The van der Waals surface area contributed by atoms with Crippen molar-refractivity contribution < 1.29 is 4.79 Å². The van der Waals surface area contributed by atoms with Gasteiger partial charge in [0.15, 0.2) is 0 Å². The molecule has 0 spiro atoms. The van der Waals surface area contributed by atoms with E-state index in [1.165, 1.54) is 0 Å². The van der Waals surface area contributed by atoms with Gasteiger partial charge in [0.1, 0.15) is 0 Å². The second-order valence-corrected chi connectivity index (χ2v) is 2.35. The second kappa shape index (κ2) is 1.13. The van der Waals surface area contributed by atoms with E-state index in [4.69, 9.17) is 0 Å². The zero-order valence-corrected chi connectivity index (χ0v) is 4.42. The zero-order chi connectivity index (χ0) is 5.56. The number of hydrogen-bond acceptors (Lipinski definition) is 1. The van der Waals surface area contributed by atoms with Gasteiger partial charge in [0.25, 0.3) is 0 Å². The molecule has 0 aromatic heterocycles. The smallest absolute Gasteiger partial charge is 0.221 e. The van der Waals surface area contributed by atoms with Crippen molar-refractivity contribution in [2.75, 3.05) is 0 Å². The lowest BCUT2D eigenvalue weighted by Gasteiger charge is -2.18. The molecular weight excluding hydrogens is 102 g/mol. The van der Waals surface area contributed by atoms with E-state index in [2.05, 4.69) is 11.4 Å². The van der Waals surface area contributed by atoms with E-state index in [1.54, 1.807) is 0 Å². The summed E-state index contributed by atoms with van der Waals surface area (Å²) in [5.41, 5.74) is 0. The number of amides is 1. The Morgan fingerprint density at radius 3 is 2.75 bits per heavy atom. The van der Waals surface area contributed by atoms with E-state index >= 15 is 0 Å². The summed E-state index contributed by atoms with van der Waals surface area (Å²) in [4.78, 5) is 10.6. The van der Waals surface area contributed by atoms with Gasteiger partial charge in [-0.15, -0.1) is 0 Å². The highest BCUT2D eigenvalue weighted by atomic mass is 16.2. The van der Waals surface area contributed by atoms with Crippen LogP contribution in [0.15, 0.2) is 12.2 Å². The first-order valence-corrected chi connectivity index (χ1v) is 2.84. The van der Waals surface area contributed by atoms with Crippen LogP contribution in [0.5, 0.6) is 0 Å². The lowest BCUT2D eigenvalue weighted by atomic mass is 9.90. The Balaban J connectivity index is 2.20. The summed E-state index contributed by atoms with van der Waals surface area (Å²) in [7, 11) is 0. The molecule has 2 aliphatic rings. The lowest BCUT2D eigenvalue weighted by Crippen LogP contribution is -2.30. The molecule has 1 N–H and O–H groups in total. The van der Waals surface area contributed by atoms with Crippen LogP contribution in [-0.4, -0.2) is 11.9 Å². The molecule has 1 aliphatic heterocycles. The van der Waals surface area contributed by atoms with Crippen LogP contribution in [0, 0.1) is 5.92 Å². The summed E-state index contributed by atoms with van der Waals surface area (Å²) < 4.78 is 0. The van der Waals surface area contributed by atoms with Crippen molar-refractivity contribution in [1.29, 1.82) is 0 Å². The molecule has 1 amide bonds. The van der Waals surface area contributed by atoms with Crippen LogP contribution in [0.4, 0.5) is 0 Å². The van der Waals surface area contributed by atoms with Crippen LogP contribution in [0.25, 0.3) is 0 Å². The minimum absolute atomic E-state index is 0.199. The quantitative estimate of drug-likeness (QED) is 0.438. The SMILES string of the molecule is O=C1C[C@H]2C=C[C@H]2N1. The van der Waals surface area contributed by atoms with E-state index in [0.717, 1.165) is 0 Å². The summed E-state index contributed by atoms with van der Waals surface area (Å²) >= 11 is 0. The van der Waals surface area contributed by atoms with Crippen molar-refractivity contribution in [3.05, 3.63) is 12.2 Å². The Hall–Kier alpha value is -0.790. The molecule has 0 saturated carbocycles. The third-order valence-corrected chi connectivity index (χ3v) is 1.78. The van der Waals surface area contributed by atoms with Crippen LogP contribution in [0.1, 0.15) is 6.42 Å². The van der Waals surface area contributed by atoms with E-state index in [9.17, 15) is 4.79 Å². The van der Waals surface area contributed by atoms with Crippen LogP contribution in [0.3, 0.4) is 0 Å². The van der Waals surface area contributed by atoms with Crippen molar-refractivity contribution in [3.63, 3.8) is 0 Å². The van der Waals surface area contributed by atoms with Crippen LogP contribution in [0.2, 0.25) is 0 Å². The molecule has 0 bridgehead atoms. The summed E-state index contributed by atoms with van der Waals surface area (Å²) in [6, 6.07) is 0.391. The van der Waals surface area contributed by atoms with Gasteiger partial charge in [0, 0.05) is 12.3 Å². The fraction of sp³-hybridized carbons (Fsp3) is 0.500. The zero-order valence-electron chi connectivity index (χ0n) is 4.42. The Kier molecular flexibility index (Phi) is 0.583. The second-order valence-electron chi connectivity index (χ2n) is 2.35. The van der Waals surface area contributed by atoms with Gasteiger partial charge in [-0.3, -0.25) is 4.79 Å². The van der Waals surface area contributed by atoms with E-state index in [-0.39, 0.29) is 5.91 Å². The molecule has 0 aromatic carbocycles. The van der Waals surface area contributed by atoms with Crippen LogP contribution < -0.4 is 5.32 Å². The van der Waals surface area contributed by atoms with Crippen molar-refractivity contribution in [2.45, 2.75) is 12.5 Å². The number of fused-ring (bicyclic) bond motifs is 1. The molecular formula is C6H7NO. The minimum Gasteiger partial charge on any atom is -0.349 e. The van der Waals surface area contributed by atoms with Crippen molar-refractivity contribution in [2.24, 2.45) is 5.92 Å². The molecule has 2 nitrogen and oxygen atoms in total. The highest BCUT2D eigenvalue weighted by Crippen LogP contribution is 2.26.